The van der Waals surface area contributed by atoms with Crippen LogP contribution >= 0.6 is 15.6 Å². The maximum absolute atomic E-state index is 13.1. The molecule has 0 rings (SSSR count). The maximum Gasteiger partial charge on any atom is 0.472 e. The zero-order valence-electron chi connectivity index (χ0n) is 62.1. The smallest absolute Gasteiger partial charge is 0.462 e. The van der Waals surface area contributed by atoms with Crippen LogP contribution in [0.4, 0.5) is 0 Å². The predicted octanol–water partition coefficient (Wildman–Crippen LogP) is 22.2. The number of rotatable bonds is 74. The van der Waals surface area contributed by atoms with Crippen molar-refractivity contribution in [3.63, 3.8) is 0 Å². The Bertz CT molecular complexity index is 1850. The van der Waals surface area contributed by atoms with Gasteiger partial charge in [-0.05, 0) is 43.4 Å². The number of ether oxygens (including phenoxy) is 4. The lowest BCUT2D eigenvalue weighted by molar-refractivity contribution is -0.161. The number of carbonyl (C=O) groups is 4. The van der Waals surface area contributed by atoms with Gasteiger partial charge in [-0.2, -0.15) is 0 Å². The van der Waals surface area contributed by atoms with Crippen LogP contribution in [0.2, 0.25) is 0 Å². The number of hydrogen-bond acceptors (Lipinski definition) is 15. The zero-order valence-corrected chi connectivity index (χ0v) is 63.9. The first-order chi connectivity index (χ1) is 45.8. The molecule has 0 aliphatic heterocycles. The van der Waals surface area contributed by atoms with Gasteiger partial charge in [0.25, 0.3) is 0 Å². The van der Waals surface area contributed by atoms with E-state index in [4.69, 9.17) is 37.0 Å². The highest BCUT2D eigenvalue weighted by molar-refractivity contribution is 7.47. The van der Waals surface area contributed by atoms with E-state index >= 15 is 0 Å². The molecule has 17 nitrogen and oxygen atoms in total. The molecule has 3 N–H and O–H groups in total. The van der Waals surface area contributed by atoms with E-state index in [1.165, 1.54) is 199 Å². The SMILES string of the molecule is CCCCCCCCCCCCCCCCCC(=O)O[C@H](COC(=O)CCCCCCCCCCCCC(C)CC)COP(=O)(O)OC[C@@H](O)COP(=O)(O)OC[C@@H](COC(=O)CCCCCCCCCCCCC(C)C)OC(=O)CCCCCCCCCCCCC(C)C. The van der Waals surface area contributed by atoms with Gasteiger partial charge in [0.2, 0.25) is 0 Å². The molecular formula is C76H148O17P2. The zero-order chi connectivity index (χ0) is 70.1. The quantitative estimate of drug-likeness (QED) is 0.0222. The lowest BCUT2D eigenvalue weighted by Gasteiger charge is -2.21. The van der Waals surface area contributed by atoms with E-state index < -0.39 is 97.5 Å². The largest absolute Gasteiger partial charge is 0.472 e. The van der Waals surface area contributed by atoms with E-state index in [2.05, 4.69) is 48.5 Å². The second-order valence-corrected chi connectivity index (χ2v) is 31.5. The summed E-state index contributed by atoms with van der Waals surface area (Å²) < 4.78 is 68.6. The average Bonchev–Trinajstić information content (AvgIpc) is 2.78. The molecule has 0 aliphatic carbocycles. The Morgan fingerprint density at radius 2 is 0.537 bits per heavy atom. The molecule has 0 radical (unpaired) electrons. The van der Waals surface area contributed by atoms with E-state index in [-0.39, 0.29) is 25.7 Å². The molecule has 0 aromatic carbocycles. The van der Waals surface area contributed by atoms with Crippen LogP contribution in [0, 0.1) is 17.8 Å². The van der Waals surface area contributed by atoms with Crippen molar-refractivity contribution in [3.05, 3.63) is 0 Å². The highest BCUT2D eigenvalue weighted by Gasteiger charge is 2.30. The van der Waals surface area contributed by atoms with E-state index in [1.54, 1.807) is 0 Å². The summed E-state index contributed by atoms with van der Waals surface area (Å²) in [4.78, 5) is 72.9. The van der Waals surface area contributed by atoms with Gasteiger partial charge in [0, 0.05) is 25.7 Å². The monoisotopic (exact) mass is 1400 g/mol. The Balaban J connectivity index is 5.28. The van der Waals surface area contributed by atoms with Crippen molar-refractivity contribution < 1.29 is 80.2 Å². The van der Waals surface area contributed by atoms with Crippen molar-refractivity contribution in [2.75, 3.05) is 39.6 Å². The molecule has 564 valence electrons. The standard InChI is InChI=1S/C76H148O17P2/c1-8-10-11-12-13-14-15-16-17-18-19-31-38-45-52-59-75(80)92-71(63-87-74(79)58-51-44-37-30-25-22-28-35-42-49-56-69(7)9-2)65-90-94(82,83)88-61-70(77)62-89-95(84,85)91-66-72(93-76(81)60-53-46-39-32-24-21-27-34-41-48-55-68(5)6)64-86-73(78)57-50-43-36-29-23-20-26-33-40-47-54-67(3)4/h67-72,77H,8-66H2,1-7H3,(H,82,83)(H,84,85)/t69?,70-,71-,72-/m1/s1. The third kappa shape index (κ3) is 69.0. The topological polar surface area (TPSA) is 237 Å². The molecule has 0 saturated heterocycles. The molecule has 0 fully saturated rings. The van der Waals surface area contributed by atoms with Crippen LogP contribution < -0.4 is 0 Å². The van der Waals surface area contributed by atoms with Crippen molar-refractivity contribution in [2.24, 2.45) is 17.8 Å². The summed E-state index contributed by atoms with van der Waals surface area (Å²) in [6.45, 7) is 11.9. The van der Waals surface area contributed by atoms with E-state index in [9.17, 15) is 43.2 Å². The molecule has 19 heteroatoms. The molecule has 0 saturated carbocycles. The van der Waals surface area contributed by atoms with Crippen LogP contribution in [-0.4, -0.2) is 96.7 Å². The van der Waals surface area contributed by atoms with E-state index in [0.29, 0.717) is 25.7 Å². The summed E-state index contributed by atoms with van der Waals surface area (Å²) in [5.41, 5.74) is 0. The fraction of sp³-hybridized carbons (Fsp3) is 0.947. The number of phosphoric acid groups is 2. The Morgan fingerprint density at radius 1 is 0.305 bits per heavy atom. The van der Waals surface area contributed by atoms with Crippen LogP contribution in [0.5, 0.6) is 0 Å². The highest BCUT2D eigenvalue weighted by Crippen LogP contribution is 2.45. The summed E-state index contributed by atoms with van der Waals surface area (Å²) in [5, 5.41) is 10.6. The van der Waals surface area contributed by atoms with Crippen LogP contribution in [0.3, 0.4) is 0 Å². The number of unbranched alkanes of at least 4 members (excludes halogenated alkanes) is 41. The van der Waals surface area contributed by atoms with Crippen LogP contribution in [-0.2, 0) is 65.4 Å². The highest BCUT2D eigenvalue weighted by atomic mass is 31.2. The van der Waals surface area contributed by atoms with Crippen LogP contribution in [0.25, 0.3) is 0 Å². The number of phosphoric ester groups is 2. The van der Waals surface area contributed by atoms with Gasteiger partial charge in [0.05, 0.1) is 26.4 Å². The number of esters is 4. The maximum atomic E-state index is 13.1. The van der Waals surface area contributed by atoms with Gasteiger partial charge in [0.1, 0.15) is 19.3 Å². The molecule has 0 aromatic rings. The molecule has 0 aromatic heterocycles. The van der Waals surface area contributed by atoms with E-state index in [1.807, 2.05) is 0 Å². The minimum Gasteiger partial charge on any atom is -0.462 e. The molecule has 0 bridgehead atoms. The molecule has 3 unspecified atom stereocenters. The van der Waals surface area contributed by atoms with Gasteiger partial charge in [-0.25, -0.2) is 9.13 Å². The minimum atomic E-state index is -4.96. The number of hydrogen-bond donors (Lipinski definition) is 3. The summed E-state index contributed by atoms with van der Waals surface area (Å²) in [6, 6.07) is 0. The summed E-state index contributed by atoms with van der Waals surface area (Å²) in [7, 11) is -9.91. The Labute approximate surface area is 581 Å². The molecule has 95 heavy (non-hydrogen) atoms. The average molecular weight is 1400 g/mol. The van der Waals surface area contributed by atoms with Gasteiger partial charge in [0.15, 0.2) is 12.2 Å². The molecule has 0 heterocycles. The normalized spacial score (nSPS) is 14.4. The van der Waals surface area contributed by atoms with Gasteiger partial charge in [-0.1, -0.05) is 337 Å². The number of aliphatic hydroxyl groups is 1. The predicted molar refractivity (Wildman–Crippen MR) is 386 cm³/mol. The Hall–Kier alpha value is -1.94. The van der Waals surface area contributed by atoms with Crippen LogP contribution in [0.15, 0.2) is 0 Å². The fourth-order valence-corrected chi connectivity index (χ4v) is 13.1. The van der Waals surface area contributed by atoms with Crippen molar-refractivity contribution in [1.82, 2.24) is 0 Å². The van der Waals surface area contributed by atoms with Gasteiger partial charge >= 0.3 is 39.5 Å². The lowest BCUT2D eigenvalue weighted by Crippen LogP contribution is -2.30. The third-order valence-corrected chi connectivity index (χ3v) is 19.9. The van der Waals surface area contributed by atoms with Crippen molar-refractivity contribution in [2.45, 2.75) is 407 Å². The van der Waals surface area contributed by atoms with Crippen molar-refractivity contribution in [1.29, 1.82) is 0 Å². The summed E-state index contributed by atoms with van der Waals surface area (Å²) in [5.74, 6) is 0.204. The third-order valence-electron chi connectivity index (χ3n) is 18.0. The molecule has 0 aliphatic rings. The molecular weight excluding hydrogens is 1250 g/mol. The first kappa shape index (κ1) is 93.1. The van der Waals surface area contributed by atoms with Gasteiger partial charge in [-0.3, -0.25) is 37.3 Å². The molecule has 0 spiro atoms. The summed E-state index contributed by atoms with van der Waals surface area (Å²) in [6.07, 6.45) is 52.5. The minimum absolute atomic E-state index is 0.106. The first-order valence-corrected chi connectivity index (χ1v) is 42.4. The molecule has 0 amide bonds. The van der Waals surface area contributed by atoms with Gasteiger partial charge in [-0.15, -0.1) is 0 Å². The Morgan fingerprint density at radius 3 is 0.800 bits per heavy atom. The van der Waals surface area contributed by atoms with Crippen molar-refractivity contribution in [3.8, 4) is 0 Å². The number of carbonyl (C=O) groups excluding carboxylic acids is 4. The van der Waals surface area contributed by atoms with Gasteiger partial charge < -0.3 is 33.8 Å². The Kier molecular flexibility index (Phi) is 65.2. The van der Waals surface area contributed by atoms with Crippen molar-refractivity contribution >= 4 is 39.5 Å². The first-order valence-electron chi connectivity index (χ1n) is 39.4. The molecule has 6 atom stereocenters. The second kappa shape index (κ2) is 66.6. The van der Waals surface area contributed by atoms with Crippen LogP contribution in [0.1, 0.15) is 389 Å². The van der Waals surface area contributed by atoms with E-state index in [0.717, 1.165) is 108 Å². The summed E-state index contributed by atoms with van der Waals surface area (Å²) >= 11 is 0. The second-order valence-electron chi connectivity index (χ2n) is 28.6. The fourth-order valence-electron chi connectivity index (χ4n) is 11.6. The lowest BCUT2D eigenvalue weighted by atomic mass is 9.99. The number of aliphatic hydroxyl groups excluding tert-OH is 1.